The molecular formula is C9H14N4O. The van der Waals surface area contributed by atoms with Gasteiger partial charge in [0.15, 0.2) is 5.78 Å². The predicted octanol–water partition coefficient (Wildman–Crippen LogP) is -0.00260. The summed E-state index contributed by atoms with van der Waals surface area (Å²) in [6.45, 7) is 1.32. The molecule has 0 amide bonds. The topological polar surface area (TPSA) is 59.8 Å². The third kappa shape index (κ3) is 2.38. The van der Waals surface area contributed by atoms with Gasteiger partial charge in [-0.05, 0) is 25.3 Å². The van der Waals surface area contributed by atoms with E-state index in [1.165, 1.54) is 17.5 Å². The fourth-order valence-corrected chi connectivity index (χ4v) is 1.28. The Bertz CT molecular complexity index is 329. The number of ketones is 1. The molecule has 0 saturated heterocycles. The maximum absolute atomic E-state index is 11.5. The van der Waals surface area contributed by atoms with E-state index in [-0.39, 0.29) is 5.78 Å². The summed E-state index contributed by atoms with van der Waals surface area (Å²) in [4.78, 5) is 11.5. The highest BCUT2D eigenvalue weighted by molar-refractivity contribution is 5.95. The SMILES string of the molecule is Cn1cc(C(=O)CNCC2CC2)nn1. The maximum Gasteiger partial charge on any atom is 0.198 e. The van der Waals surface area contributed by atoms with Crippen molar-refractivity contribution in [2.24, 2.45) is 13.0 Å². The van der Waals surface area contributed by atoms with Crippen LogP contribution in [0, 0.1) is 5.92 Å². The van der Waals surface area contributed by atoms with E-state index in [9.17, 15) is 4.79 Å². The first kappa shape index (κ1) is 9.33. The molecule has 1 aromatic rings. The smallest absolute Gasteiger partial charge is 0.198 e. The van der Waals surface area contributed by atoms with Crippen LogP contribution in [0.5, 0.6) is 0 Å². The highest BCUT2D eigenvalue weighted by Gasteiger charge is 2.21. The number of nitrogens with one attached hydrogen (secondary N) is 1. The van der Waals surface area contributed by atoms with Gasteiger partial charge in [-0.15, -0.1) is 5.10 Å². The van der Waals surface area contributed by atoms with Crippen molar-refractivity contribution in [2.45, 2.75) is 12.8 Å². The van der Waals surface area contributed by atoms with Crippen LogP contribution in [0.4, 0.5) is 0 Å². The minimum atomic E-state index is 0.0127. The van der Waals surface area contributed by atoms with E-state index in [1.54, 1.807) is 13.2 Å². The van der Waals surface area contributed by atoms with Crippen LogP contribution < -0.4 is 5.32 Å². The Morgan fingerprint density at radius 3 is 3.07 bits per heavy atom. The lowest BCUT2D eigenvalue weighted by Crippen LogP contribution is -2.25. The minimum absolute atomic E-state index is 0.0127. The Labute approximate surface area is 82.5 Å². The third-order valence-corrected chi connectivity index (χ3v) is 2.30. The summed E-state index contributed by atoms with van der Waals surface area (Å²) in [5, 5.41) is 10.6. The normalized spacial score (nSPS) is 15.8. The van der Waals surface area contributed by atoms with E-state index in [0.717, 1.165) is 12.5 Å². The van der Waals surface area contributed by atoms with E-state index < -0.39 is 0 Å². The van der Waals surface area contributed by atoms with Crippen LogP contribution in [-0.4, -0.2) is 33.9 Å². The number of carbonyl (C=O) groups excluding carboxylic acids is 1. The summed E-state index contributed by atoms with van der Waals surface area (Å²) in [6.07, 6.45) is 4.24. The van der Waals surface area contributed by atoms with Crippen molar-refractivity contribution < 1.29 is 4.79 Å². The molecule has 1 fully saturated rings. The van der Waals surface area contributed by atoms with Crippen LogP contribution in [0.25, 0.3) is 0 Å². The summed E-state index contributed by atoms with van der Waals surface area (Å²) in [7, 11) is 1.75. The molecule has 5 nitrogen and oxygen atoms in total. The molecule has 2 rings (SSSR count). The average Bonchev–Trinajstić information content (AvgIpc) is 2.87. The van der Waals surface area contributed by atoms with E-state index in [2.05, 4.69) is 15.6 Å². The van der Waals surface area contributed by atoms with Crippen molar-refractivity contribution in [3.63, 3.8) is 0 Å². The highest BCUT2D eigenvalue weighted by atomic mass is 16.1. The lowest BCUT2D eigenvalue weighted by Gasteiger charge is -1.99. The molecule has 1 aromatic heterocycles. The second kappa shape index (κ2) is 3.88. The second-order valence-electron chi connectivity index (χ2n) is 3.77. The van der Waals surface area contributed by atoms with Crippen LogP contribution in [-0.2, 0) is 7.05 Å². The van der Waals surface area contributed by atoms with Gasteiger partial charge in [-0.1, -0.05) is 5.21 Å². The van der Waals surface area contributed by atoms with Gasteiger partial charge in [-0.25, -0.2) is 0 Å². The van der Waals surface area contributed by atoms with Gasteiger partial charge >= 0.3 is 0 Å². The fraction of sp³-hybridized carbons (Fsp3) is 0.667. The molecule has 1 aliphatic carbocycles. The Kier molecular flexibility index (Phi) is 2.58. The molecule has 0 atom stereocenters. The summed E-state index contributed by atoms with van der Waals surface area (Å²) >= 11 is 0. The third-order valence-electron chi connectivity index (χ3n) is 2.30. The van der Waals surface area contributed by atoms with E-state index in [0.29, 0.717) is 12.2 Å². The lowest BCUT2D eigenvalue weighted by molar-refractivity contribution is 0.0986. The number of aromatic nitrogens is 3. The van der Waals surface area contributed by atoms with E-state index >= 15 is 0 Å². The standard InChI is InChI=1S/C9H14N4O/c1-13-6-8(11-12-13)9(14)5-10-4-7-2-3-7/h6-7,10H,2-5H2,1H3. The van der Waals surface area contributed by atoms with Gasteiger partial charge in [-0.3, -0.25) is 9.48 Å². The van der Waals surface area contributed by atoms with Crippen molar-refractivity contribution in [3.8, 4) is 0 Å². The molecule has 1 heterocycles. The van der Waals surface area contributed by atoms with Gasteiger partial charge < -0.3 is 5.32 Å². The number of hydrogen-bond acceptors (Lipinski definition) is 4. The molecule has 0 aromatic carbocycles. The number of rotatable bonds is 5. The van der Waals surface area contributed by atoms with Gasteiger partial charge in [0, 0.05) is 7.05 Å². The van der Waals surface area contributed by atoms with Crippen molar-refractivity contribution in [2.75, 3.05) is 13.1 Å². The summed E-state index contributed by atoms with van der Waals surface area (Å²) in [5.41, 5.74) is 0.441. The number of Topliss-reactive ketones (excluding diaryl/α,β-unsaturated/α-hetero) is 1. The number of nitrogens with zero attached hydrogens (tertiary/aromatic N) is 3. The Morgan fingerprint density at radius 1 is 1.71 bits per heavy atom. The summed E-state index contributed by atoms with van der Waals surface area (Å²) < 4.78 is 1.54. The molecule has 5 heteroatoms. The zero-order chi connectivity index (χ0) is 9.97. The first-order valence-electron chi connectivity index (χ1n) is 4.86. The Balaban J connectivity index is 1.76. The van der Waals surface area contributed by atoms with Crippen molar-refractivity contribution in [1.29, 1.82) is 0 Å². The summed E-state index contributed by atoms with van der Waals surface area (Å²) in [6, 6.07) is 0. The first-order valence-corrected chi connectivity index (χ1v) is 4.86. The van der Waals surface area contributed by atoms with Gasteiger partial charge in [0.05, 0.1) is 12.7 Å². The molecular weight excluding hydrogens is 180 g/mol. The Morgan fingerprint density at radius 2 is 2.50 bits per heavy atom. The van der Waals surface area contributed by atoms with Gasteiger partial charge in [-0.2, -0.15) is 0 Å². The largest absolute Gasteiger partial charge is 0.309 e. The van der Waals surface area contributed by atoms with Crippen LogP contribution in [0.2, 0.25) is 0 Å². The predicted molar refractivity (Wildman–Crippen MR) is 50.9 cm³/mol. The van der Waals surface area contributed by atoms with Crippen molar-refractivity contribution >= 4 is 5.78 Å². The van der Waals surface area contributed by atoms with Crippen LogP contribution in [0.15, 0.2) is 6.20 Å². The minimum Gasteiger partial charge on any atom is -0.309 e. The number of aryl methyl sites for hydroxylation is 1. The fourth-order valence-electron chi connectivity index (χ4n) is 1.28. The zero-order valence-corrected chi connectivity index (χ0v) is 8.23. The van der Waals surface area contributed by atoms with Gasteiger partial charge in [0.2, 0.25) is 0 Å². The molecule has 14 heavy (non-hydrogen) atoms. The molecule has 1 saturated carbocycles. The summed E-state index contributed by atoms with van der Waals surface area (Å²) in [5.74, 6) is 0.809. The van der Waals surface area contributed by atoms with Crippen LogP contribution in [0.3, 0.4) is 0 Å². The molecule has 0 unspecified atom stereocenters. The van der Waals surface area contributed by atoms with Gasteiger partial charge in [0.1, 0.15) is 5.69 Å². The van der Waals surface area contributed by atoms with Crippen LogP contribution >= 0.6 is 0 Å². The molecule has 1 aliphatic rings. The zero-order valence-electron chi connectivity index (χ0n) is 8.23. The van der Waals surface area contributed by atoms with Crippen LogP contribution in [0.1, 0.15) is 23.3 Å². The quantitative estimate of drug-likeness (QED) is 0.670. The molecule has 76 valence electrons. The van der Waals surface area contributed by atoms with Crippen molar-refractivity contribution in [1.82, 2.24) is 20.3 Å². The van der Waals surface area contributed by atoms with Gasteiger partial charge in [0.25, 0.3) is 0 Å². The monoisotopic (exact) mass is 194 g/mol. The second-order valence-corrected chi connectivity index (χ2v) is 3.77. The Hall–Kier alpha value is -1.23. The molecule has 0 aliphatic heterocycles. The average molecular weight is 194 g/mol. The lowest BCUT2D eigenvalue weighted by atomic mass is 10.3. The highest BCUT2D eigenvalue weighted by Crippen LogP contribution is 2.27. The van der Waals surface area contributed by atoms with Crippen molar-refractivity contribution in [3.05, 3.63) is 11.9 Å². The number of carbonyl (C=O) groups is 1. The maximum atomic E-state index is 11.5. The van der Waals surface area contributed by atoms with E-state index in [4.69, 9.17) is 0 Å². The first-order chi connectivity index (χ1) is 6.75. The number of hydrogen-bond donors (Lipinski definition) is 1. The molecule has 0 spiro atoms. The molecule has 0 bridgehead atoms. The molecule has 1 N–H and O–H groups in total. The molecule has 0 radical (unpaired) electrons. The van der Waals surface area contributed by atoms with E-state index in [1.807, 2.05) is 0 Å².